The standard InChI is InChI=1S/C13H24N2O2/c1-9(13(16)17-3)10(2)15-7-6-11-4-5-12(8-15)14-11/h9-12,14H,4-8H2,1-3H3. The molecular formula is C13H24N2O2. The summed E-state index contributed by atoms with van der Waals surface area (Å²) < 4.78 is 4.84. The Morgan fingerprint density at radius 3 is 2.71 bits per heavy atom. The van der Waals surface area contributed by atoms with Gasteiger partial charge in [-0.3, -0.25) is 9.69 Å². The van der Waals surface area contributed by atoms with Crippen LogP contribution in [0.2, 0.25) is 0 Å². The second-order valence-corrected chi connectivity index (χ2v) is 5.47. The largest absolute Gasteiger partial charge is 0.469 e. The summed E-state index contributed by atoms with van der Waals surface area (Å²) in [5.74, 6) is -0.142. The van der Waals surface area contributed by atoms with Crippen LogP contribution in [0.25, 0.3) is 0 Å². The van der Waals surface area contributed by atoms with Gasteiger partial charge in [-0.2, -0.15) is 0 Å². The maximum absolute atomic E-state index is 11.6. The van der Waals surface area contributed by atoms with E-state index in [0.717, 1.165) is 13.1 Å². The van der Waals surface area contributed by atoms with Crippen LogP contribution in [0, 0.1) is 5.92 Å². The van der Waals surface area contributed by atoms with E-state index in [2.05, 4.69) is 17.1 Å². The molecule has 2 rings (SSSR count). The molecule has 2 bridgehead atoms. The lowest BCUT2D eigenvalue weighted by Crippen LogP contribution is -2.45. The second kappa shape index (κ2) is 5.36. The average Bonchev–Trinajstić information content (AvgIpc) is 2.66. The van der Waals surface area contributed by atoms with Gasteiger partial charge < -0.3 is 10.1 Å². The zero-order valence-electron chi connectivity index (χ0n) is 11.1. The van der Waals surface area contributed by atoms with E-state index >= 15 is 0 Å². The van der Waals surface area contributed by atoms with E-state index in [4.69, 9.17) is 4.74 Å². The van der Waals surface area contributed by atoms with Crippen LogP contribution in [-0.4, -0.2) is 49.2 Å². The lowest BCUT2D eigenvalue weighted by Gasteiger charge is -2.33. The number of methoxy groups -OCH3 is 1. The molecule has 0 aromatic heterocycles. The van der Waals surface area contributed by atoms with Crippen molar-refractivity contribution in [2.24, 2.45) is 5.92 Å². The first-order valence-corrected chi connectivity index (χ1v) is 6.69. The van der Waals surface area contributed by atoms with Crippen molar-refractivity contribution in [3.05, 3.63) is 0 Å². The summed E-state index contributed by atoms with van der Waals surface area (Å²) in [4.78, 5) is 14.0. The minimum atomic E-state index is -0.0973. The van der Waals surface area contributed by atoms with Crippen molar-refractivity contribution in [3.63, 3.8) is 0 Å². The third-order valence-electron chi connectivity index (χ3n) is 4.43. The molecule has 0 amide bonds. The van der Waals surface area contributed by atoms with Crippen LogP contribution in [-0.2, 0) is 9.53 Å². The van der Waals surface area contributed by atoms with E-state index in [-0.39, 0.29) is 17.9 Å². The number of likely N-dealkylation sites (tertiary alicyclic amines) is 1. The van der Waals surface area contributed by atoms with Gasteiger partial charge in [-0.05, 0) is 32.7 Å². The molecule has 4 unspecified atom stereocenters. The molecule has 2 aliphatic heterocycles. The minimum absolute atomic E-state index is 0.0448. The highest BCUT2D eigenvalue weighted by atomic mass is 16.5. The Kier molecular flexibility index (Phi) is 4.05. The summed E-state index contributed by atoms with van der Waals surface area (Å²) in [6, 6.07) is 1.59. The molecule has 2 aliphatic rings. The number of hydrogen-bond donors (Lipinski definition) is 1. The fourth-order valence-electron chi connectivity index (χ4n) is 3.04. The first-order valence-electron chi connectivity index (χ1n) is 6.69. The zero-order valence-corrected chi connectivity index (χ0v) is 11.1. The number of nitrogens with zero attached hydrogens (tertiary/aromatic N) is 1. The Morgan fingerprint density at radius 2 is 2.00 bits per heavy atom. The lowest BCUT2D eigenvalue weighted by atomic mass is 9.99. The SMILES string of the molecule is COC(=O)C(C)C(C)N1CCC2CCC(C1)N2. The van der Waals surface area contributed by atoms with E-state index in [1.807, 2.05) is 6.92 Å². The maximum Gasteiger partial charge on any atom is 0.309 e. The zero-order chi connectivity index (χ0) is 12.4. The smallest absolute Gasteiger partial charge is 0.309 e. The molecule has 0 saturated carbocycles. The Bertz CT molecular complexity index is 283. The van der Waals surface area contributed by atoms with Crippen LogP contribution >= 0.6 is 0 Å². The van der Waals surface area contributed by atoms with Crippen molar-refractivity contribution in [3.8, 4) is 0 Å². The van der Waals surface area contributed by atoms with Crippen LogP contribution in [0.3, 0.4) is 0 Å². The summed E-state index contributed by atoms with van der Waals surface area (Å²) in [5.41, 5.74) is 0. The Balaban J connectivity index is 1.94. The van der Waals surface area contributed by atoms with Crippen LogP contribution in [0.1, 0.15) is 33.1 Å². The number of carbonyl (C=O) groups excluding carboxylic acids is 1. The summed E-state index contributed by atoms with van der Waals surface area (Å²) in [7, 11) is 1.47. The average molecular weight is 240 g/mol. The van der Waals surface area contributed by atoms with Gasteiger partial charge in [0, 0.05) is 24.7 Å². The van der Waals surface area contributed by atoms with Crippen molar-refractivity contribution in [2.75, 3.05) is 20.2 Å². The van der Waals surface area contributed by atoms with Gasteiger partial charge in [-0.15, -0.1) is 0 Å². The van der Waals surface area contributed by atoms with Crippen molar-refractivity contribution in [2.45, 2.75) is 51.2 Å². The fourth-order valence-corrected chi connectivity index (χ4v) is 3.04. The van der Waals surface area contributed by atoms with E-state index < -0.39 is 0 Å². The molecule has 98 valence electrons. The van der Waals surface area contributed by atoms with Gasteiger partial charge in [0.1, 0.15) is 0 Å². The molecule has 4 nitrogen and oxygen atoms in total. The molecule has 17 heavy (non-hydrogen) atoms. The highest BCUT2D eigenvalue weighted by Crippen LogP contribution is 2.23. The van der Waals surface area contributed by atoms with Gasteiger partial charge in [0.25, 0.3) is 0 Å². The van der Waals surface area contributed by atoms with Gasteiger partial charge in [-0.25, -0.2) is 0 Å². The van der Waals surface area contributed by atoms with Crippen molar-refractivity contribution >= 4 is 5.97 Å². The molecule has 4 atom stereocenters. The molecule has 0 aromatic rings. The normalized spacial score (nSPS) is 32.9. The van der Waals surface area contributed by atoms with Gasteiger partial charge >= 0.3 is 5.97 Å². The van der Waals surface area contributed by atoms with E-state index in [9.17, 15) is 4.79 Å². The monoisotopic (exact) mass is 240 g/mol. The number of rotatable bonds is 3. The molecule has 0 aliphatic carbocycles. The van der Waals surface area contributed by atoms with Crippen LogP contribution < -0.4 is 5.32 Å². The van der Waals surface area contributed by atoms with Crippen LogP contribution in [0.5, 0.6) is 0 Å². The quantitative estimate of drug-likeness (QED) is 0.748. The molecule has 2 heterocycles. The van der Waals surface area contributed by atoms with Gasteiger partial charge in [-0.1, -0.05) is 6.92 Å². The fraction of sp³-hybridized carbons (Fsp3) is 0.923. The maximum atomic E-state index is 11.6. The third kappa shape index (κ3) is 2.80. The predicted octanol–water partition coefficient (Wildman–Crippen LogP) is 1.01. The van der Waals surface area contributed by atoms with E-state index in [1.54, 1.807) is 0 Å². The van der Waals surface area contributed by atoms with Crippen LogP contribution in [0.15, 0.2) is 0 Å². The molecule has 4 heteroatoms. The Hall–Kier alpha value is -0.610. The Labute approximate surface area is 104 Å². The summed E-state index contributed by atoms with van der Waals surface area (Å²) in [6.45, 7) is 6.27. The predicted molar refractivity (Wildman–Crippen MR) is 66.8 cm³/mol. The number of fused-ring (bicyclic) bond motifs is 2. The van der Waals surface area contributed by atoms with Crippen molar-refractivity contribution in [1.82, 2.24) is 10.2 Å². The topological polar surface area (TPSA) is 41.6 Å². The molecule has 0 radical (unpaired) electrons. The summed E-state index contributed by atoms with van der Waals surface area (Å²) in [6.07, 6.45) is 3.80. The van der Waals surface area contributed by atoms with Gasteiger partial charge in [0.2, 0.25) is 0 Å². The van der Waals surface area contributed by atoms with E-state index in [1.165, 1.54) is 26.4 Å². The van der Waals surface area contributed by atoms with Crippen molar-refractivity contribution < 1.29 is 9.53 Å². The molecule has 1 N–H and O–H groups in total. The molecule has 0 spiro atoms. The first kappa shape index (κ1) is 12.8. The Morgan fingerprint density at radius 1 is 1.29 bits per heavy atom. The molecule has 0 aromatic carbocycles. The third-order valence-corrected chi connectivity index (χ3v) is 4.43. The number of carbonyl (C=O) groups is 1. The lowest BCUT2D eigenvalue weighted by molar-refractivity contribution is -0.147. The number of esters is 1. The first-order chi connectivity index (χ1) is 8.11. The second-order valence-electron chi connectivity index (χ2n) is 5.47. The highest BCUT2D eigenvalue weighted by Gasteiger charge is 2.33. The minimum Gasteiger partial charge on any atom is -0.469 e. The van der Waals surface area contributed by atoms with E-state index in [0.29, 0.717) is 12.1 Å². The number of hydrogen-bond acceptors (Lipinski definition) is 4. The number of nitrogens with one attached hydrogen (secondary N) is 1. The summed E-state index contributed by atoms with van der Waals surface area (Å²) >= 11 is 0. The number of ether oxygens (including phenoxy) is 1. The molecular weight excluding hydrogens is 216 g/mol. The summed E-state index contributed by atoms with van der Waals surface area (Å²) in [5, 5.41) is 3.66. The van der Waals surface area contributed by atoms with Gasteiger partial charge in [0.15, 0.2) is 0 Å². The molecule has 2 saturated heterocycles. The molecule has 2 fully saturated rings. The highest BCUT2D eigenvalue weighted by molar-refractivity contribution is 5.72. The van der Waals surface area contributed by atoms with Gasteiger partial charge in [0.05, 0.1) is 13.0 Å². The van der Waals surface area contributed by atoms with Crippen molar-refractivity contribution in [1.29, 1.82) is 0 Å². The van der Waals surface area contributed by atoms with Crippen LogP contribution in [0.4, 0.5) is 0 Å².